The number of hydrogen-bond donors (Lipinski definition) is 0. The number of hydrogen-bond acceptors (Lipinski definition) is 2. The van der Waals surface area contributed by atoms with Crippen LogP contribution in [0.2, 0.25) is 0 Å². The first-order valence-corrected chi connectivity index (χ1v) is 5.58. The molecule has 0 aromatic heterocycles. The molecule has 1 aliphatic heterocycles. The van der Waals surface area contributed by atoms with Crippen LogP contribution in [0.5, 0.6) is 0 Å². The van der Waals surface area contributed by atoms with Gasteiger partial charge in [-0.3, -0.25) is 4.79 Å². The predicted molar refractivity (Wildman–Crippen MR) is 57.3 cm³/mol. The van der Waals surface area contributed by atoms with Crippen LogP contribution in [0.15, 0.2) is 0 Å². The summed E-state index contributed by atoms with van der Waals surface area (Å²) >= 11 is 0. The number of rotatable bonds is 3. The molecule has 2 atom stereocenters. The summed E-state index contributed by atoms with van der Waals surface area (Å²) in [5.41, 5.74) is -0.190. The van der Waals surface area contributed by atoms with Crippen molar-refractivity contribution in [2.75, 3.05) is 0 Å². The van der Waals surface area contributed by atoms with Crippen LogP contribution in [0, 0.1) is 5.41 Å². The summed E-state index contributed by atoms with van der Waals surface area (Å²) in [5, 5.41) is 0. The molecule has 0 amide bonds. The van der Waals surface area contributed by atoms with Gasteiger partial charge in [0.1, 0.15) is 5.78 Å². The Balaban J connectivity index is 2.24. The minimum Gasteiger partial charge on any atom is -0.375 e. The van der Waals surface area contributed by atoms with Crippen molar-refractivity contribution in [3.05, 3.63) is 0 Å². The van der Waals surface area contributed by atoms with E-state index in [4.69, 9.17) is 4.74 Å². The van der Waals surface area contributed by atoms with E-state index < -0.39 is 0 Å². The molecular formula is C12H22O2. The molecule has 1 saturated heterocycles. The second kappa shape index (κ2) is 4.43. The molecule has 0 bridgehead atoms. The molecule has 0 N–H and O–H groups in total. The lowest BCUT2D eigenvalue weighted by Gasteiger charge is -2.18. The summed E-state index contributed by atoms with van der Waals surface area (Å²) in [7, 11) is 0. The maximum atomic E-state index is 11.6. The third-order valence-electron chi connectivity index (χ3n) is 2.85. The first-order valence-electron chi connectivity index (χ1n) is 5.58. The van der Waals surface area contributed by atoms with Crippen LogP contribution in [0.3, 0.4) is 0 Å². The zero-order valence-electron chi connectivity index (χ0n) is 9.80. The second-order valence-corrected chi connectivity index (χ2v) is 5.36. The first-order chi connectivity index (χ1) is 6.39. The van der Waals surface area contributed by atoms with Crippen molar-refractivity contribution in [1.29, 1.82) is 0 Å². The maximum absolute atomic E-state index is 11.6. The Morgan fingerprint density at radius 1 is 1.36 bits per heavy atom. The smallest absolute Gasteiger partial charge is 0.138 e. The molecular weight excluding hydrogens is 176 g/mol. The van der Waals surface area contributed by atoms with E-state index in [-0.39, 0.29) is 5.41 Å². The topological polar surface area (TPSA) is 26.3 Å². The Labute approximate surface area is 87.0 Å². The Bertz CT molecular complexity index is 203. The second-order valence-electron chi connectivity index (χ2n) is 5.36. The predicted octanol–water partition coefficient (Wildman–Crippen LogP) is 2.95. The number of ketones is 1. The van der Waals surface area contributed by atoms with Crippen molar-refractivity contribution in [2.45, 2.75) is 65.6 Å². The quantitative estimate of drug-likeness (QED) is 0.697. The molecule has 0 radical (unpaired) electrons. The highest BCUT2D eigenvalue weighted by molar-refractivity contribution is 5.83. The van der Waals surface area contributed by atoms with Gasteiger partial charge >= 0.3 is 0 Å². The standard InChI is InChI=1S/C12H22O2/c1-9-5-6-10(14-9)7-8-11(13)12(2,3)4/h9-10H,5-8H2,1-4H3. The lowest BCUT2D eigenvalue weighted by molar-refractivity contribution is -0.127. The average molecular weight is 198 g/mol. The molecule has 0 aromatic rings. The molecule has 0 saturated carbocycles. The summed E-state index contributed by atoms with van der Waals surface area (Å²) < 4.78 is 5.67. The van der Waals surface area contributed by atoms with Gasteiger partial charge in [0, 0.05) is 11.8 Å². The van der Waals surface area contributed by atoms with E-state index >= 15 is 0 Å². The van der Waals surface area contributed by atoms with Crippen LogP contribution in [-0.2, 0) is 9.53 Å². The fourth-order valence-electron chi connectivity index (χ4n) is 1.76. The third-order valence-corrected chi connectivity index (χ3v) is 2.85. The molecule has 14 heavy (non-hydrogen) atoms. The molecule has 1 fully saturated rings. The van der Waals surface area contributed by atoms with Gasteiger partial charge in [-0.1, -0.05) is 20.8 Å². The maximum Gasteiger partial charge on any atom is 0.138 e. The average Bonchev–Trinajstić information content (AvgIpc) is 2.45. The summed E-state index contributed by atoms with van der Waals surface area (Å²) in [6.45, 7) is 8.04. The highest BCUT2D eigenvalue weighted by Gasteiger charge is 2.25. The van der Waals surface area contributed by atoms with Crippen molar-refractivity contribution >= 4 is 5.78 Å². The van der Waals surface area contributed by atoms with Crippen LogP contribution in [0.4, 0.5) is 0 Å². The molecule has 0 aliphatic carbocycles. The normalized spacial score (nSPS) is 28.0. The number of ether oxygens (including phenoxy) is 1. The summed E-state index contributed by atoms with van der Waals surface area (Å²) in [4.78, 5) is 11.6. The van der Waals surface area contributed by atoms with Gasteiger partial charge in [-0.25, -0.2) is 0 Å². The number of carbonyl (C=O) groups is 1. The fourth-order valence-corrected chi connectivity index (χ4v) is 1.76. The van der Waals surface area contributed by atoms with Gasteiger partial charge in [0.25, 0.3) is 0 Å². The summed E-state index contributed by atoms with van der Waals surface area (Å²) in [6, 6.07) is 0. The van der Waals surface area contributed by atoms with Crippen LogP contribution in [0.1, 0.15) is 53.4 Å². The van der Waals surface area contributed by atoms with Crippen LogP contribution >= 0.6 is 0 Å². The lowest BCUT2D eigenvalue weighted by Crippen LogP contribution is -2.21. The Kier molecular flexibility index (Phi) is 3.71. The van der Waals surface area contributed by atoms with E-state index in [1.54, 1.807) is 0 Å². The number of Topliss-reactive ketones (excluding diaryl/α,β-unsaturated/α-hetero) is 1. The Morgan fingerprint density at radius 3 is 2.43 bits per heavy atom. The van der Waals surface area contributed by atoms with Crippen molar-refractivity contribution in [1.82, 2.24) is 0 Å². The molecule has 1 rings (SSSR count). The molecule has 1 heterocycles. The van der Waals surface area contributed by atoms with Gasteiger partial charge in [-0.15, -0.1) is 0 Å². The zero-order chi connectivity index (χ0) is 10.8. The van der Waals surface area contributed by atoms with Crippen LogP contribution in [-0.4, -0.2) is 18.0 Å². The van der Waals surface area contributed by atoms with E-state index in [9.17, 15) is 4.79 Å². The van der Waals surface area contributed by atoms with Crippen LogP contribution in [0.25, 0.3) is 0 Å². The zero-order valence-corrected chi connectivity index (χ0v) is 9.80. The van der Waals surface area contributed by atoms with E-state index in [2.05, 4.69) is 6.92 Å². The molecule has 2 heteroatoms. The van der Waals surface area contributed by atoms with Gasteiger partial charge in [-0.2, -0.15) is 0 Å². The van der Waals surface area contributed by atoms with Gasteiger partial charge in [0.05, 0.1) is 12.2 Å². The van der Waals surface area contributed by atoms with E-state index in [0.29, 0.717) is 24.4 Å². The molecule has 2 nitrogen and oxygen atoms in total. The Hall–Kier alpha value is -0.370. The minimum atomic E-state index is -0.190. The lowest BCUT2D eigenvalue weighted by atomic mass is 9.87. The monoisotopic (exact) mass is 198 g/mol. The first kappa shape index (κ1) is 11.7. The van der Waals surface area contributed by atoms with Gasteiger partial charge < -0.3 is 4.74 Å². The molecule has 2 unspecified atom stereocenters. The van der Waals surface area contributed by atoms with E-state index in [1.165, 1.54) is 0 Å². The fraction of sp³-hybridized carbons (Fsp3) is 0.917. The largest absolute Gasteiger partial charge is 0.375 e. The third kappa shape index (κ3) is 3.41. The molecule has 82 valence electrons. The SMILES string of the molecule is CC1CCC(CCC(=O)C(C)(C)C)O1. The van der Waals surface area contributed by atoms with Gasteiger partial charge in [0.2, 0.25) is 0 Å². The minimum absolute atomic E-state index is 0.190. The van der Waals surface area contributed by atoms with Crippen molar-refractivity contribution in [3.63, 3.8) is 0 Å². The highest BCUT2D eigenvalue weighted by atomic mass is 16.5. The molecule has 0 spiro atoms. The summed E-state index contributed by atoms with van der Waals surface area (Å²) in [6.07, 6.45) is 4.56. The number of carbonyl (C=O) groups excluding carboxylic acids is 1. The summed E-state index contributed by atoms with van der Waals surface area (Å²) in [5.74, 6) is 0.348. The van der Waals surface area contributed by atoms with Crippen molar-refractivity contribution in [3.8, 4) is 0 Å². The molecule has 0 aromatic carbocycles. The van der Waals surface area contributed by atoms with Gasteiger partial charge in [0.15, 0.2) is 0 Å². The Morgan fingerprint density at radius 2 is 2.00 bits per heavy atom. The van der Waals surface area contributed by atoms with Crippen molar-refractivity contribution in [2.24, 2.45) is 5.41 Å². The van der Waals surface area contributed by atoms with Crippen LogP contribution < -0.4 is 0 Å². The van der Waals surface area contributed by atoms with E-state index in [1.807, 2.05) is 20.8 Å². The van der Waals surface area contributed by atoms with Crippen molar-refractivity contribution < 1.29 is 9.53 Å². The van der Waals surface area contributed by atoms with Gasteiger partial charge in [-0.05, 0) is 26.2 Å². The van der Waals surface area contributed by atoms with E-state index in [0.717, 1.165) is 19.3 Å². The highest BCUT2D eigenvalue weighted by Crippen LogP contribution is 2.25. The molecule has 1 aliphatic rings.